The van der Waals surface area contributed by atoms with Crippen molar-refractivity contribution in [3.63, 3.8) is 0 Å². The van der Waals surface area contributed by atoms with Crippen LogP contribution in [0.3, 0.4) is 0 Å². The normalized spacial score (nSPS) is 12.9. The van der Waals surface area contributed by atoms with Gasteiger partial charge >= 0.3 is 11.9 Å². The number of quaternary nitrogens is 1. The van der Waals surface area contributed by atoms with Crippen LogP contribution in [0.15, 0.2) is 12.2 Å². The van der Waals surface area contributed by atoms with E-state index in [0.29, 0.717) is 12.8 Å². The summed E-state index contributed by atoms with van der Waals surface area (Å²) in [4.78, 5) is 23.8. The Kier molecular flexibility index (Phi) is 19.6. The van der Waals surface area contributed by atoms with Gasteiger partial charge in [0.2, 0.25) is 0 Å². The molecule has 0 saturated carbocycles. The van der Waals surface area contributed by atoms with E-state index in [1.807, 2.05) is 0 Å². The molecule has 0 fully saturated rings. The Morgan fingerprint density at radius 2 is 1.31 bits per heavy atom. The van der Waals surface area contributed by atoms with E-state index < -0.39 is 18.0 Å². The van der Waals surface area contributed by atoms with Gasteiger partial charge in [-0.25, -0.2) is 4.79 Å². The minimum absolute atomic E-state index is 0.304. The highest BCUT2D eigenvalue weighted by molar-refractivity contribution is 5.88. The van der Waals surface area contributed by atoms with Gasteiger partial charge in [-0.3, -0.25) is 4.79 Å². The molecule has 0 bridgehead atoms. The zero-order chi connectivity index (χ0) is 24.1. The number of esters is 2. The summed E-state index contributed by atoms with van der Waals surface area (Å²) in [6.45, 7) is 3.29. The van der Waals surface area contributed by atoms with Crippen LogP contribution >= 0.6 is 0 Å². The van der Waals surface area contributed by atoms with Gasteiger partial charge in [-0.05, 0) is 51.4 Å². The number of allylic oxidation sites excluding steroid dienone is 2. The molecule has 32 heavy (non-hydrogen) atoms. The van der Waals surface area contributed by atoms with Gasteiger partial charge in [-0.15, -0.1) is 0 Å². The minimum Gasteiger partial charge on any atom is -0.392 e. The number of nitrogens with zero attached hydrogens (tertiary/aromatic N) is 1. The van der Waals surface area contributed by atoms with E-state index in [1.54, 1.807) is 0 Å². The second-order valence-electron chi connectivity index (χ2n) is 10.2. The van der Waals surface area contributed by atoms with Gasteiger partial charge in [0.15, 0.2) is 0 Å². The highest BCUT2D eigenvalue weighted by Gasteiger charge is 2.18. The molecule has 1 atom stereocenters. The molecule has 0 aliphatic carbocycles. The monoisotopic (exact) mass is 453 g/mol. The van der Waals surface area contributed by atoms with E-state index in [0.717, 1.165) is 49.6 Å². The molecule has 1 unspecified atom stereocenters. The van der Waals surface area contributed by atoms with Crippen molar-refractivity contribution in [2.75, 3.05) is 27.7 Å². The predicted molar refractivity (Wildman–Crippen MR) is 135 cm³/mol. The van der Waals surface area contributed by atoms with Gasteiger partial charge < -0.3 is 15.0 Å². The van der Waals surface area contributed by atoms with E-state index in [1.165, 1.54) is 57.8 Å². The molecule has 5 heteroatoms. The van der Waals surface area contributed by atoms with Crippen LogP contribution in [0.25, 0.3) is 0 Å². The average molecular weight is 454 g/mol. The molecule has 0 rings (SSSR count). The summed E-state index contributed by atoms with van der Waals surface area (Å²) in [6.07, 6.45) is 23.2. The van der Waals surface area contributed by atoms with Crippen molar-refractivity contribution in [2.45, 2.75) is 122 Å². The maximum absolute atomic E-state index is 11.9. The van der Waals surface area contributed by atoms with Crippen LogP contribution in [-0.4, -0.2) is 50.2 Å². The van der Waals surface area contributed by atoms with Crippen molar-refractivity contribution in [3.05, 3.63) is 12.2 Å². The third kappa shape index (κ3) is 22.0. The fourth-order valence-electron chi connectivity index (χ4n) is 3.65. The van der Waals surface area contributed by atoms with Gasteiger partial charge in [0.05, 0.1) is 27.7 Å². The quantitative estimate of drug-likeness (QED) is 0.0728. The first-order valence-electron chi connectivity index (χ1n) is 13.2. The van der Waals surface area contributed by atoms with Crippen molar-refractivity contribution in [2.24, 2.45) is 5.73 Å². The Bertz CT molecular complexity index is 498. The minimum atomic E-state index is -0.694. The number of ether oxygens (including phenoxy) is 1. The van der Waals surface area contributed by atoms with Crippen LogP contribution in [0.2, 0.25) is 0 Å². The van der Waals surface area contributed by atoms with Gasteiger partial charge in [0.25, 0.3) is 0 Å². The first-order valence-corrected chi connectivity index (χ1v) is 13.2. The molecule has 0 aromatic heterocycles. The third-order valence-electron chi connectivity index (χ3n) is 5.75. The average Bonchev–Trinajstić information content (AvgIpc) is 2.73. The summed E-state index contributed by atoms with van der Waals surface area (Å²) in [5.41, 5.74) is 5.86. The van der Waals surface area contributed by atoms with Crippen molar-refractivity contribution in [1.29, 1.82) is 0 Å². The van der Waals surface area contributed by atoms with Gasteiger partial charge in [-0.1, -0.05) is 70.4 Å². The van der Waals surface area contributed by atoms with E-state index >= 15 is 0 Å². The van der Waals surface area contributed by atoms with Crippen LogP contribution in [0.5, 0.6) is 0 Å². The van der Waals surface area contributed by atoms with Gasteiger partial charge in [0.1, 0.15) is 6.04 Å². The number of carbonyl (C=O) groups is 2. The lowest BCUT2D eigenvalue weighted by Crippen LogP contribution is -2.36. The highest BCUT2D eigenvalue weighted by atomic mass is 16.6. The number of carbonyl (C=O) groups excluding carboxylic acids is 2. The largest absolute Gasteiger partial charge is 0.392 e. The molecule has 2 N–H and O–H groups in total. The third-order valence-corrected chi connectivity index (χ3v) is 5.75. The molecule has 188 valence electrons. The summed E-state index contributed by atoms with van der Waals surface area (Å²) < 4.78 is 5.81. The van der Waals surface area contributed by atoms with Crippen LogP contribution in [0.4, 0.5) is 0 Å². The van der Waals surface area contributed by atoms with E-state index in [4.69, 9.17) is 10.5 Å². The van der Waals surface area contributed by atoms with Crippen LogP contribution in [0.1, 0.15) is 116 Å². The van der Waals surface area contributed by atoms with Crippen LogP contribution < -0.4 is 5.73 Å². The van der Waals surface area contributed by atoms with Gasteiger partial charge in [0, 0.05) is 6.42 Å². The molecule has 0 aliphatic rings. The topological polar surface area (TPSA) is 69.4 Å². The summed E-state index contributed by atoms with van der Waals surface area (Å²) in [6, 6.07) is -0.694. The molecule has 5 nitrogen and oxygen atoms in total. The van der Waals surface area contributed by atoms with Gasteiger partial charge in [-0.2, -0.15) is 0 Å². The summed E-state index contributed by atoms with van der Waals surface area (Å²) in [5, 5.41) is 0. The predicted octanol–water partition coefficient (Wildman–Crippen LogP) is 6.30. The maximum atomic E-state index is 11.9. The number of hydrogen-bond donors (Lipinski definition) is 1. The second-order valence-corrected chi connectivity index (χ2v) is 10.2. The Morgan fingerprint density at radius 1 is 0.781 bits per heavy atom. The van der Waals surface area contributed by atoms with Crippen molar-refractivity contribution >= 4 is 11.9 Å². The second kappa shape index (κ2) is 20.4. The molecule has 0 amide bonds. The first-order chi connectivity index (χ1) is 15.3. The van der Waals surface area contributed by atoms with Crippen LogP contribution in [0, 0.1) is 0 Å². The van der Waals surface area contributed by atoms with Crippen molar-refractivity contribution < 1.29 is 18.8 Å². The standard InChI is InChI=1S/C27H53N2O3/c1-5-6-7-8-9-10-11-12-13-14-15-16-17-18-19-23-26(30)32-27(31)25(28)22-20-21-24-29(2,3)4/h12-13,25H,5-11,14-24,28H2,1-4H3/q+1/b13-12-. The number of unbranched alkanes of at least 4 members (excludes halogenated alkanes) is 12. The fraction of sp³-hybridized carbons (Fsp3) is 0.852. The zero-order valence-corrected chi connectivity index (χ0v) is 21.7. The Labute approximate surface area is 198 Å². The molecule has 0 aromatic carbocycles. The summed E-state index contributed by atoms with van der Waals surface area (Å²) in [5.74, 6) is -1.01. The molecule has 0 spiro atoms. The lowest BCUT2D eigenvalue weighted by atomic mass is 10.1. The SMILES string of the molecule is CCCCCCCC/C=C\CCCCCCCC(=O)OC(=O)C(N)CCCC[N+](C)(C)C. The molecule has 0 aromatic rings. The zero-order valence-electron chi connectivity index (χ0n) is 21.7. The first kappa shape index (κ1) is 30.8. The smallest absolute Gasteiger partial charge is 0.330 e. The Morgan fingerprint density at radius 3 is 1.88 bits per heavy atom. The fourth-order valence-corrected chi connectivity index (χ4v) is 3.65. The number of nitrogens with two attached hydrogens (primary N) is 1. The Hall–Kier alpha value is -1.20. The lowest BCUT2D eigenvalue weighted by Gasteiger charge is -2.23. The van der Waals surface area contributed by atoms with Crippen LogP contribution in [-0.2, 0) is 14.3 Å². The molecule has 0 saturated heterocycles. The summed E-state index contributed by atoms with van der Waals surface area (Å²) in [7, 11) is 6.42. The van der Waals surface area contributed by atoms with E-state index in [2.05, 4.69) is 40.2 Å². The van der Waals surface area contributed by atoms with Crippen molar-refractivity contribution in [1.82, 2.24) is 0 Å². The maximum Gasteiger partial charge on any atom is 0.330 e. The Balaban J connectivity index is 3.53. The molecule has 0 heterocycles. The van der Waals surface area contributed by atoms with E-state index in [9.17, 15) is 9.59 Å². The lowest BCUT2D eigenvalue weighted by molar-refractivity contribution is -0.870. The number of hydrogen-bond acceptors (Lipinski definition) is 4. The highest BCUT2D eigenvalue weighted by Crippen LogP contribution is 2.11. The van der Waals surface area contributed by atoms with Crippen molar-refractivity contribution in [3.8, 4) is 0 Å². The van der Waals surface area contributed by atoms with E-state index in [-0.39, 0.29) is 0 Å². The molecular formula is C27H53N2O3+. The summed E-state index contributed by atoms with van der Waals surface area (Å²) >= 11 is 0. The molecule has 0 aliphatic heterocycles. The molecular weight excluding hydrogens is 400 g/mol. The molecule has 0 radical (unpaired) electrons. The number of rotatable bonds is 21.